The standard InChI is InChI=1S/C20H22ClN5O/c1-20(2,3)19-22-10-14-11-26(9-8-16(14)23-19)12-17-24-18(25-27-17)13-4-6-15(21)7-5-13/h4-7,10H,8-9,11-12H2,1-3H3. The van der Waals surface area contributed by atoms with Crippen LogP contribution in [-0.2, 0) is 24.9 Å². The number of halogens is 1. The van der Waals surface area contributed by atoms with E-state index in [0.29, 0.717) is 23.3 Å². The van der Waals surface area contributed by atoms with Crippen LogP contribution >= 0.6 is 11.6 Å². The molecule has 0 saturated heterocycles. The van der Waals surface area contributed by atoms with Crippen LogP contribution in [0.4, 0.5) is 0 Å². The van der Waals surface area contributed by atoms with Crippen molar-refractivity contribution in [3.8, 4) is 11.4 Å². The highest BCUT2D eigenvalue weighted by Crippen LogP contribution is 2.24. The van der Waals surface area contributed by atoms with Gasteiger partial charge in [-0.25, -0.2) is 9.97 Å². The van der Waals surface area contributed by atoms with Crippen LogP contribution in [0.5, 0.6) is 0 Å². The zero-order valence-electron chi connectivity index (χ0n) is 15.7. The third-order valence-electron chi connectivity index (χ3n) is 4.61. The first-order chi connectivity index (χ1) is 12.9. The van der Waals surface area contributed by atoms with Crippen molar-refractivity contribution < 1.29 is 4.52 Å². The Morgan fingerprint density at radius 1 is 1.15 bits per heavy atom. The summed E-state index contributed by atoms with van der Waals surface area (Å²) in [5.74, 6) is 2.09. The van der Waals surface area contributed by atoms with Crippen molar-refractivity contribution in [2.75, 3.05) is 6.54 Å². The Hall–Kier alpha value is -2.31. The molecule has 1 aliphatic heterocycles. The van der Waals surface area contributed by atoms with Crippen molar-refractivity contribution in [1.29, 1.82) is 0 Å². The normalized spacial score (nSPS) is 15.0. The third-order valence-corrected chi connectivity index (χ3v) is 4.87. The molecular weight excluding hydrogens is 362 g/mol. The number of aromatic nitrogens is 4. The van der Waals surface area contributed by atoms with Crippen molar-refractivity contribution >= 4 is 11.6 Å². The van der Waals surface area contributed by atoms with Crippen LogP contribution in [0.25, 0.3) is 11.4 Å². The number of hydrogen-bond donors (Lipinski definition) is 0. The van der Waals surface area contributed by atoms with Gasteiger partial charge in [-0.3, -0.25) is 4.90 Å². The molecular formula is C20H22ClN5O. The topological polar surface area (TPSA) is 67.9 Å². The van der Waals surface area contributed by atoms with E-state index in [1.165, 1.54) is 5.56 Å². The van der Waals surface area contributed by atoms with Gasteiger partial charge >= 0.3 is 0 Å². The summed E-state index contributed by atoms with van der Waals surface area (Å²) in [4.78, 5) is 16.1. The van der Waals surface area contributed by atoms with E-state index in [0.717, 1.165) is 36.6 Å². The van der Waals surface area contributed by atoms with E-state index in [9.17, 15) is 0 Å². The van der Waals surface area contributed by atoms with Crippen molar-refractivity contribution in [2.45, 2.75) is 45.7 Å². The Labute approximate surface area is 163 Å². The molecule has 0 unspecified atom stereocenters. The lowest BCUT2D eigenvalue weighted by Gasteiger charge is -2.27. The molecule has 1 aromatic carbocycles. The molecule has 1 aliphatic rings. The van der Waals surface area contributed by atoms with E-state index < -0.39 is 0 Å². The molecule has 6 nitrogen and oxygen atoms in total. The lowest BCUT2D eigenvalue weighted by molar-refractivity contribution is 0.208. The fourth-order valence-corrected chi connectivity index (χ4v) is 3.22. The zero-order chi connectivity index (χ0) is 19.0. The summed E-state index contributed by atoms with van der Waals surface area (Å²) in [6, 6.07) is 7.41. The number of fused-ring (bicyclic) bond motifs is 1. The van der Waals surface area contributed by atoms with Gasteiger partial charge in [0.15, 0.2) is 0 Å². The maximum atomic E-state index is 5.93. The first-order valence-electron chi connectivity index (χ1n) is 9.04. The summed E-state index contributed by atoms with van der Waals surface area (Å²) in [6.07, 6.45) is 2.86. The zero-order valence-corrected chi connectivity index (χ0v) is 16.5. The molecule has 4 rings (SSSR count). The van der Waals surface area contributed by atoms with Crippen LogP contribution in [0.2, 0.25) is 5.02 Å². The minimum absolute atomic E-state index is 0.0337. The summed E-state index contributed by atoms with van der Waals surface area (Å²) < 4.78 is 5.44. The van der Waals surface area contributed by atoms with E-state index >= 15 is 0 Å². The van der Waals surface area contributed by atoms with E-state index in [1.807, 2.05) is 30.5 Å². The minimum atomic E-state index is -0.0337. The Balaban J connectivity index is 1.45. The molecule has 0 amide bonds. The summed E-state index contributed by atoms with van der Waals surface area (Å²) in [6.45, 7) is 8.72. The van der Waals surface area contributed by atoms with Gasteiger partial charge in [0.05, 0.1) is 6.54 Å². The van der Waals surface area contributed by atoms with Gasteiger partial charge in [-0.1, -0.05) is 37.5 Å². The molecule has 0 bridgehead atoms. The highest BCUT2D eigenvalue weighted by atomic mass is 35.5. The SMILES string of the molecule is CC(C)(C)c1ncc2c(n1)CCN(Cc1nc(-c3ccc(Cl)cc3)no1)C2. The van der Waals surface area contributed by atoms with Crippen molar-refractivity contribution in [3.63, 3.8) is 0 Å². The number of benzene rings is 1. The lowest BCUT2D eigenvalue weighted by Crippen LogP contribution is -2.32. The van der Waals surface area contributed by atoms with Crippen LogP contribution in [0, 0.1) is 0 Å². The van der Waals surface area contributed by atoms with Gasteiger partial charge in [0.1, 0.15) is 5.82 Å². The second kappa shape index (κ2) is 7.02. The van der Waals surface area contributed by atoms with Gasteiger partial charge in [-0.05, 0) is 24.3 Å². The highest BCUT2D eigenvalue weighted by molar-refractivity contribution is 6.30. The molecule has 140 valence electrons. The Kier molecular flexibility index (Phi) is 4.70. The predicted molar refractivity (Wildman–Crippen MR) is 103 cm³/mol. The number of nitrogens with zero attached hydrogens (tertiary/aromatic N) is 5. The van der Waals surface area contributed by atoms with Gasteiger partial charge in [-0.15, -0.1) is 0 Å². The van der Waals surface area contributed by atoms with Crippen LogP contribution in [0.3, 0.4) is 0 Å². The van der Waals surface area contributed by atoms with Crippen molar-refractivity contribution in [1.82, 2.24) is 25.0 Å². The van der Waals surface area contributed by atoms with E-state index in [4.69, 9.17) is 21.1 Å². The van der Waals surface area contributed by atoms with Gasteiger partial charge in [0, 0.05) is 53.0 Å². The van der Waals surface area contributed by atoms with Gasteiger partial charge < -0.3 is 4.52 Å². The summed E-state index contributed by atoms with van der Waals surface area (Å²) in [5.41, 5.74) is 3.18. The second-order valence-corrected chi connectivity index (χ2v) is 8.33. The van der Waals surface area contributed by atoms with Gasteiger partial charge in [0.2, 0.25) is 11.7 Å². The second-order valence-electron chi connectivity index (χ2n) is 7.89. The molecule has 0 saturated carbocycles. The fourth-order valence-electron chi connectivity index (χ4n) is 3.10. The molecule has 0 N–H and O–H groups in total. The fraction of sp³-hybridized carbons (Fsp3) is 0.400. The summed E-state index contributed by atoms with van der Waals surface area (Å²) >= 11 is 5.93. The molecule has 3 aromatic rings. The molecule has 0 fully saturated rings. The van der Waals surface area contributed by atoms with E-state index in [-0.39, 0.29) is 5.41 Å². The number of hydrogen-bond acceptors (Lipinski definition) is 6. The highest BCUT2D eigenvalue weighted by Gasteiger charge is 2.24. The first kappa shape index (κ1) is 18.1. The molecule has 0 radical (unpaired) electrons. The Morgan fingerprint density at radius 2 is 1.93 bits per heavy atom. The predicted octanol–water partition coefficient (Wildman–Crippen LogP) is 4.04. The third kappa shape index (κ3) is 4.01. The van der Waals surface area contributed by atoms with Crippen LogP contribution in [0.15, 0.2) is 35.0 Å². The van der Waals surface area contributed by atoms with Crippen molar-refractivity contribution in [3.05, 3.63) is 58.5 Å². The molecule has 7 heteroatoms. The molecule has 2 aromatic heterocycles. The Morgan fingerprint density at radius 3 is 2.67 bits per heavy atom. The monoisotopic (exact) mass is 383 g/mol. The number of rotatable bonds is 3. The average molecular weight is 384 g/mol. The molecule has 0 atom stereocenters. The van der Waals surface area contributed by atoms with Crippen LogP contribution in [-0.4, -0.2) is 31.6 Å². The smallest absolute Gasteiger partial charge is 0.241 e. The van der Waals surface area contributed by atoms with Gasteiger partial charge in [0.25, 0.3) is 0 Å². The van der Waals surface area contributed by atoms with E-state index in [1.54, 1.807) is 0 Å². The lowest BCUT2D eigenvalue weighted by atomic mass is 9.95. The quantitative estimate of drug-likeness (QED) is 0.680. The summed E-state index contributed by atoms with van der Waals surface area (Å²) in [7, 11) is 0. The first-order valence-corrected chi connectivity index (χ1v) is 9.42. The minimum Gasteiger partial charge on any atom is -0.338 e. The molecule has 27 heavy (non-hydrogen) atoms. The molecule has 3 heterocycles. The van der Waals surface area contributed by atoms with Gasteiger partial charge in [-0.2, -0.15) is 4.98 Å². The summed E-state index contributed by atoms with van der Waals surface area (Å²) in [5, 5.41) is 4.77. The van der Waals surface area contributed by atoms with Crippen LogP contribution in [0.1, 0.15) is 43.7 Å². The van der Waals surface area contributed by atoms with Crippen molar-refractivity contribution in [2.24, 2.45) is 0 Å². The molecule has 0 aliphatic carbocycles. The molecule has 0 spiro atoms. The van der Waals surface area contributed by atoms with E-state index in [2.05, 4.69) is 40.8 Å². The average Bonchev–Trinajstić information content (AvgIpc) is 3.09. The maximum Gasteiger partial charge on any atom is 0.241 e. The Bertz CT molecular complexity index is 946. The maximum absolute atomic E-state index is 5.93. The van der Waals surface area contributed by atoms with Crippen LogP contribution < -0.4 is 0 Å². The largest absolute Gasteiger partial charge is 0.338 e.